The average molecular weight is 398 g/mol. The minimum absolute atomic E-state index is 0.0200. The highest BCUT2D eigenvalue weighted by molar-refractivity contribution is 6.05. The molecule has 156 valence electrons. The fourth-order valence-corrected chi connectivity index (χ4v) is 3.10. The van der Waals surface area contributed by atoms with Gasteiger partial charge in [-0.3, -0.25) is 9.59 Å². The van der Waals surface area contributed by atoms with Crippen LogP contribution in [0.2, 0.25) is 0 Å². The lowest BCUT2D eigenvalue weighted by atomic mass is 10.2. The summed E-state index contributed by atoms with van der Waals surface area (Å²) in [5.41, 5.74) is 1.80. The molecule has 0 saturated carbocycles. The van der Waals surface area contributed by atoms with Crippen LogP contribution >= 0.6 is 0 Å². The summed E-state index contributed by atoms with van der Waals surface area (Å²) in [5.74, 6) is 0.348. The third kappa shape index (κ3) is 7.23. The Labute approximate surface area is 173 Å². The molecule has 2 rings (SSSR count). The van der Waals surface area contributed by atoms with E-state index in [0.29, 0.717) is 29.1 Å². The molecule has 0 aliphatic carbocycles. The van der Waals surface area contributed by atoms with Gasteiger partial charge in [0.25, 0.3) is 5.91 Å². The molecular formula is C23H31N3O3. The van der Waals surface area contributed by atoms with Gasteiger partial charge in [-0.1, -0.05) is 26.0 Å². The standard InChI is InChI=1S/C23H31N3O3/c1-4-15-26(16-5-2)17-14-22(27)24-19-12-10-18(11-13-19)23(28)25-20-8-6-7-9-21(20)29-3/h6-13H,4-5,14-17H2,1-3H3,(H,24,27)(H,25,28). The second kappa shape index (κ2) is 11.9. The van der Waals surface area contributed by atoms with Crippen molar-refractivity contribution in [3.05, 3.63) is 54.1 Å². The van der Waals surface area contributed by atoms with Crippen LogP contribution in [0.4, 0.5) is 11.4 Å². The van der Waals surface area contributed by atoms with Gasteiger partial charge in [-0.05, 0) is 62.3 Å². The summed E-state index contributed by atoms with van der Waals surface area (Å²) in [6, 6.07) is 14.1. The summed E-state index contributed by atoms with van der Waals surface area (Å²) in [5, 5.41) is 5.74. The molecule has 0 fully saturated rings. The van der Waals surface area contributed by atoms with Crippen LogP contribution in [0.1, 0.15) is 43.5 Å². The largest absolute Gasteiger partial charge is 0.495 e. The molecule has 6 nitrogen and oxygen atoms in total. The van der Waals surface area contributed by atoms with Crippen molar-refractivity contribution < 1.29 is 14.3 Å². The van der Waals surface area contributed by atoms with E-state index in [2.05, 4.69) is 29.4 Å². The number of ether oxygens (including phenoxy) is 1. The number of hydrogen-bond donors (Lipinski definition) is 2. The minimum Gasteiger partial charge on any atom is -0.495 e. The van der Waals surface area contributed by atoms with Gasteiger partial charge in [0.2, 0.25) is 5.91 Å². The second-order valence-electron chi connectivity index (χ2n) is 6.87. The van der Waals surface area contributed by atoms with Crippen molar-refractivity contribution in [1.29, 1.82) is 0 Å². The van der Waals surface area contributed by atoms with E-state index in [4.69, 9.17) is 4.74 Å². The molecule has 0 radical (unpaired) electrons. The van der Waals surface area contributed by atoms with Gasteiger partial charge in [0.15, 0.2) is 0 Å². The number of benzene rings is 2. The van der Waals surface area contributed by atoms with Gasteiger partial charge < -0.3 is 20.3 Å². The first-order chi connectivity index (χ1) is 14.1. The third-order valence-corrected chi connectivity index (χ3v) is 4.52. The molecule has 0 bridgehead atoms. The first-order valence-corrected chi connectivity index (χ1v) is 10.1. The van der Waals surface area contributed by atoms with E-state index in [-0.39, 0.29) is 11.8 Å². The topological polar surface area (TPSA) is 70.7 Å². The lowest BCUT2D eigenvalue weighted by Crippen LogP contribution is -2.29. The number of rotatable bonds is 11. The van der Waals surface area contributed by atoms with E-state index >= 15 is 0 Å². The van der Waals surface area contributed by atoms with Crippen molar-refractivity contribution in [3.8, 4) is 5.75 Å². The molecule has 2 aromatic carbocycles. The summed E-state index contributed by atoms with van der Waals surface area (Å²) in [4.78, 5) is 27.0. The Morgan fingerprint density at radius 3 is 2.17 bits per heavy atom. The number of carbonyl (C=O) groups is 2. The van der Waals surface area contributed by atoms with Crippen LogP contribution in [0.3, 0.4) is 0 Å². The van der Waals surface area contributed by atoms with Crippen molar-refractivity contribution in [2.45, 2.75) is 33.1 Å². The molecule has 2 N–H and O–H groups in total. The fourth-order valence-electron chi connectivity index (χ4n) is 3.10. The summed E-state index contributed by atoms with van der Waals surface area (Å²) in [6.45, 7) is 7.07. The van der Waals surface area contributed by atoms with E-state index in [9.17, 15) is 9.59 Å². The first kappa shape index (κ1) is 22.4. The van der Waals surface area contributed by atoms with Crippen molar-refractivity contribution in [3.63, 3.8) is 0 Å². The van der Waals surface area contributed by atoms with Crippen molar-refractivity contribution in [2.75, 3.05) is 37.4 Å². The van der Waals surface area contributed by atoms with Gasteiger partial charge in [-0.2, -0.15) is 0 Å². The molecule has 2 aromatic rings. The molecule has 0 saturated heterocycles. The molecule has 6 heteroatoms. The second-order valence-corrected chi connectivity index (χ2v) is 6.87. The zero-order valence-electron chi connectivity index (χ0n) is 17.5. The van der Waals surface area contributed by atoms with Crippen LogP contribution in [0.15, 0.2) is 48.5 Å². The number of nitrogens with one attached hydrogen (secondary N) is 2. The Kier molecular flexibility index (Phi) is 9.18. The van der Waals surface area contributed by atoms with Crippen LogP contribution in [0.5, 0.6) is 5.75 Å². The average Bonchev–Trinajstić information content (AvgIpc) is 2.73. The number of methoxy groups -OCH3 is 1. The SMILES string of the molecule is CCCN(CCC)CCC(=O)Nc1ccc(C(=O)Nc2ccccc2OC)cc1. The van der Waals surface area contributed by atoms with Gasteiger partial charge >= 0.3 is 0 Å². The maximum atomic E-state index is 12.5. The Morgan fingerprint density at radius 2 is 1.55 bits per heavy atom. The summed E-state index contributed by atoms with van der Waals surface area (Å²) in [6.07, 6.45) is 2.62. The van der Waals surface area contributed by atoms with Crippen molar-refractivity contribution in [2.24, 2.45) is 0 Å². The predicted octanol–water partition coefficient (Wildman–Crippen LogP) is 4.40. The molecular weight excluding hydrogens is 366 g/mol. The predicted molar refractivity (Wildman–Crippen MR) is 118 cm³/mol. The molecule has 0 atom stereocenters. The fraction of sp³-hybridized carbons (Fsp3) is 0.391. The molecule has 2 amide bonds. The Morgan fingerprint density at radius 1 is 0.897 bits per heavy atom. The summed E-state index contributed by atoms with van der Waals surface area (Å²) < 4.78 is 5.25. The first-order valence-electron chi connectivity index (χ1n) is 10.1. The highest BCUT2D eigenvalue weighted by atomic mass is 16.5. The molecule has 0 spiro atoms. The van der Waals surface area contributed by atoms with Gasteiger partial charge in [0.05, 0.1) is 12.8 Å². The quantitative estimate of drug-likeness (QED) is 0.590. The third-order valence-electron chi connectivity index (χ3n) is 4.52. The lowest BCUT2D eigenvalue weighted by Gasteiger charge is -2.20. The zero-order chi connectivity index (χ0) is 21.1. The number of nitrogens with zero attached hydrogens (tertiary/aromatic N) is 1. The normalized spacial score (nSPS) is 10.6. The monoisotopic (exact) mass is 397 g/mol. The molecule has 0 aliphatic heterocycles. The van der Waals surface area contributed by atoms with Crippen LogP contribution in [0, 0.1) is 0 Å². The van der Waals surface area contributed by atoms with Gasteiger partial charge in [-0.15, -0.1) is 0 Å². The zero-order valence-corrected chi connectivity index (χ0v) is 17.5. The van der Waals surface area contributed by atoms with Gasteiger partial charge in [-0.25, -0.2) is 0 Å². The highest BCUT2D eigenvalue weighted by Crippen LogP contribution is 2.23. The molecule has 0 unspecified atom stereocenters. The minimum atomic E-state index is -0.234. The van der Waals surface area contributed by atoms with E-state index < -0.39 is 0 Å². The van der Waals surface area contributed by atoms with E-state index in [1.165, 1.54) is 0 Å². The smallest absolute Gasteiger partial charge is 0.255 e. The molecule has 0 heterocycles. The van der Waals surface area contributed by atoms with Crippen molar-refractivity contribution in [1.82, 2.24) is 4.90 Å². The Bertz CT molecular complexity index is 784. The van der Waals surface area contributed by atoms with E-state index in [1.54, 1.807) is 43.5 Å². The summed E-state index contributed by atoms with van der Waals surface area (Å²) in [7, 11) is 1.56. The Hall–Kier alpha value is -2.86. The van der Waals surface area contributed by atoms with E-state index in [0.717, 1.165) is 32.5 Å². The van der Waals surface area contributed by atoms with Crippen LogP contribution in [0.25, 0.3) is 0 Å². The molecule has 29 heavy (non-hydrogen) atoms. The van der Waals surface area contributed by atoms with E-state index in [1.807, 2.05) is 12.1 Å². The maximum Gasteiger partial charge on any atom is 0.255 e. The number of anilines is 2. The van der Waals surface area contributed by atoms with Crippen molar-refractivity contribution >= 4 is 23.2 Å². The highest BCUT2D eigenvalue weighted by Gasteiger charge is 2.11. The maximum absolute atomic E-state index is 12.5. The number of hydrogen-bond acceptors (Lipinski definition) is 4. The van der Waals surface area contributed by atoms with Gasteiger partial charge in [0, 0.05) is 24.2 Å². The molecule has 0 aromatic heterocycles. The summed E-state index contributed by atoms with van der Waals surface area (Å²) >= 11 is 0. The number of carbonyl (C=O) groups excluding carboxylic acids is 2. The van der Waals surface area contributed by atoms with Crippen LogP contribution < -0.4 is 15.4 Å². The number of amides is 2. The lowest BCUT2D eigenvalue weighted by molar-refractivity contribution is -0.116. The van der Waals surface area contributed by atoms with Crippen LogP contribution in [-0.4, -0.2) is 43.5 Å². The number of para-hydroxylation sites is 2. The van der Waals surface area contributed by atoms with Gasteiger partial charge in [0.1, 0.15) is 5.75 Å². The molecule has 0 aliphatic rings. The van der Waals surface area contributed by atoms with Crippen LogP contribution in [-0.2, 0) is 4.79 Å². The Balaban J connectivity index is 1.89.